The summed E-state index contributed by atoms with van der Waals surface area (Å²) in [5, 5.41) is 0. The molecule has 4 aromatic rings. The van der Waals surface area contributed by atoms with Crippen LogP contribution in [-0.4, -0.2) is 43.7 Å². The minimum atomic E-state index is -4.99. The van der Waals surface area contributed by atoms with Crippen LogP contribution in [0.3, 0.4) is 0 Å². The molecule has 2 N–H and O–H groups in total. The third-order valence-electron chi connectivity index (χ3n) is 10.6. The summed E-state index contributed by atoms with van der Waals surface area (Å²) in [6.07, 6.45) is -9.70. The zero-order chi connectivity index (χ0) is 39.2. The number of allylic oxidation sites excluding steroid dienone is 2. The number of aryl methyl sites for hydroxylation is 2. The number of hydrogen-bond acceptors (Lipinski definition) is 5. The van der Waals surface area contributed by atoms with Gasteiger partial charge in [0.1, 0.15) is 0 Å². The highest BCUT2D eigenvalue weighted by atomic mass is 19.4. The number of aromatic nitrogens is 4. The van der Waals surface area contributed by atoms with E-state index in [1.807, 2.05) is 52.8 Å². The first kappa shape index (κ1) is 37.1. The van der Waals surface area contributed by atoms with Crippen LogP contribution in [-0.2, 0) is 30.1 Å². The van der Waals surface area contributed by atoms with Crippen LogP contribution in [0.4, 0.5) is 26.3 Å². The Labute approximate surface area is 306 Å². The highest BCUT2D eigenvalue weighted by molar-refractivity contribution is 6.23. The van der Waals surface area contributed by atoms with Crippen LogP contribution in [0, 0.1) is 13.8 Å². The van der Waals surface area contributed by atoms with Crippen LogP contribution in [0.1, 0.15) is 123 Å². The molecule has 2 amide bonds. The first-order chi connectivity index (χ1) is 25.3. The van der Waals surface area contributed by atoms with Gasteiger partial charge in [0, 0.05) is 40.8 Å². The number of nitrogens with zero attached hydrogens (tertiary/aromatic N) is 3. The summed E-state index contributed by atoms with van der Waals surface area (Å²) >= 11 is 0. The Kier molecular flexibility index (Phi) is 8.90. The Hall–Kier alpha value is -5.24. The number of fused-ring (bicyclic) bond motifs is 8. The van der Waals surface area contributed by atoms with Crippen LogP contribution in [0.5, 0.6) is 0 Å². The third kappa shape index (κ3) is 6.19. The zero-order valence-corrected chi connectivity index (χ0v) is 30.6. The number of ether oxygens (including phenoxy) is 1. The number of carbonyl (C=O) groups is 2. The van der Waals surface area contributed by atoms with Gasteiger partial charge in [-0.05, 0) is 105 Å². The normalized spacial score (nSPS) is 16.8. The maximum absolute atomic E-state index is 13.7. The number of hydrogen-bond donors (Lipinski definition) is 2. The van der Waals surface area contributed by atoms with Crippen LogP contribution < -0.4 is 0 Å². The second-order valence-corrected chi connectivity index (χ2v) is 14.2. The summed E-state index contributed by atoms with van der Waals surface area (Å²) in [5.41, 5.74) is 6.34. The Bertz CT molecular complexity index is 2440. The molecule has 0 spiro atoms. The number of benzene rings is 1. The molecule has 0 radical (unpaired) electrons. The summed E-state index contributed by atoms with van der Waals surface area (Å²) in [5.74, 6) is -0.985. The molecule has 1 unspecified atom stereocenters. The van der Waals surface area contributed by atoms with E-state index in [1.54, 1.807) is 6.92 Å². The van der Waals surface area contributed by atoms with E-state index in [0.717, 1.165) is 21.6 Å². The molecule has 2 atom stereocenters. The van der Waals surface area contributed by atoms with Gasteiger partial charge in [-0.15, -0.1) is 0 Å². The number of alkyl halides is 6. The van der Waals surface area contributed by atoms with Gasteiger partial charge in [-0.2, -0.15) is 26.3 Å². The van der Waals surface area contributed by atoms with Gasteiger partial charge in [-0.25, -0.2) is 4.98 Å². The van der Waals surface area contributed by atoms with E-state index in [2.05, 4.69) is 9.97 Å². The second kappa shape index (κ2) is 13.0. The summed E-state index contributed by atoms with van der Waals surface area (Å²) in [6.45, 7) is 10.8. The number of aromatic amines is 2. The number of halogens is 6. The largest absolute Gasteiger partial charge is 0.416 e. The smallest absolute Gasteiger partial charge is 0.369 e. The fourth-order valence-corrected chi connectivity index (χ4v) is 7.65. The number of imide groups is 1. The van der Waals surface area contributed by atoms with E-state index in [1.165, 1.54) is 7.05 Å². The van der Waals surface area contributed by atoms with E-state index >= 15 is 0 Å². The standard InChI is InChI=1S/C40H37F6N5O3/c1-8-25-18(3)27-15-32-33(21(6)54-16-22-10-23(39(41,42)43)12-24(11-22)40(44,45)46)19(4)28(49-32)13-26-17(2)9-31(47-26)35-36-34(37(52)51(7)38(35)53)20(5)29(50-36)14-30(25)48-27/h10-15,17,21,49-50H,8-9,16H2,1-7H3/t17-,21?/m0/s1. The molecule has 0 fully saturated rings. The Balaban J connectivity index is 1.45. The molecule has 3 aliphatic rings. The van der Waals surface area contributed by atoms with Gasteiger partial charge in [-0.3, -0.25) is 19.5 Å². The van der Waals surface area contributed by atoms with Crippen molar-refractivity contribution in [3.8, 4) is 0 Å². The maximum Gasteiger partial charge on any atom is 0.416 e. The fourth-order valence-electron chi connectivity index (χ4n) is 7.65. The lowest BCUT2D eigenvalue weighted by atomic mass is 9.97. The average Bonchev–Trinajstić information content (AvgIpc) is 3.80. The number of rotatable bonds is 5. The SMILES string of the molecule is CCC1=C(C)c2cc3[nH]c(cc4nc(c5c6[nH]c(cc1n2)c(C)c6C(=O)N(C)C5=O)C[C@@H]4C)c(C)c3C(C)OCc1cc(C(F)(F)F)cc(C(F)(F)F)c1. The molecule has 0 aliphatic carbocycles. The van der Waals surface area contributed by atoms with Gasteiger partial charge in [0.2, 0.25) is 0 Å². The van der Waals surface area contributed by atoms with Crippen molar-refractivity contribution in [3.63, 3.8) is 0 Å². The lowest BCUT2D eigenvalue weighted by Crippen LogP contribution is -2.37. The highest BCUT2D eigenvalue weighted by Crippen LogP contribution is 2.40. The maximum atomic E-state index is 13.7. The number of nitrogens with one attached hydrogen (secondary N) is 2. The van der Waals surface area contributed by atoms with E-state index < -0.39 is 48.0 Å². The Morgan fingerprint density at radius 3 is 2.07 bits per heavy atom. The fraction of sp³-hybridized carbons (Fsp3) is 0.350. The van der Waals surface area contributed by atoms with Crippen molar-refractivity contribution >= 4 is 45.0 Å². The Morgan fingerprint density at radius 2 is 1.44 bits per heavy atom. The van der Waals surface area contributed by atoms with Crippen LogP contribution in [0.2, 0.25) is 0 Å². The molecular weight excluding hydrogens is 712 g/mol. The van der Waals surface area contributed by atoms with Crippen molar-refractivity contribution in [2.75, 3.05) is 7.05 Å². The summed E-state index contributed by atoms with van der Waals surface area (Å²) in [7, 11) is 1.46. The van der Waals surface area contributed by atoms with Gasteiger partial charge in [0.05, 0.1) is 57.6 Å². The summed E-state index contributed by atoms with van der Waals surface area (Å²) in [4.78, 5) is 45.0. The summed E-state index contributed by atoms with van der Waals surface area (Å²) in [6, 6.07) is 7.02. The van der Waals surface area contributed by atoms with Gasteiger partial charge in [0.25, 0.3) is 11.8 Å². The van der Waals surface area contributed by atoms with E-state index in [4.69, 9.17) is 14.7 Å². The molecule has 54 heavy (non-hydrogen) atoms. The number of amides is 2. The molecule has 1 aromatic carbocycles. The zero-order valence-electron chi connectivity index (χ0n) is 30.6. The van der Waals surface area contributed by atoms with Gasteiger partial charge < -0.3 is 14.7 Å². The lowest BCUT2D eigenvalue weighted by molar-refractivity contribution is -0.143. The lowest BCUT2D eigenvalue weighted by Gasteiger charge is -2.21. The minimum Gasteiger partial charge on any atom is -0.369 e. The molecule has 0 saturated heterocycles. The Morgan fingerprint density at radius 1 is 0.833 bits per heavy atom. The monoisotopic (exact) mass is 749 g/mol. The molecule has 6 heterocycles. The molecule has 282 valence electrons. The van der Waals surface area contributed by atoms with Crippen LogP contribution in [0.15, 0.2) is 36.4 Å². The number of carbonyl (C=O) groups excluding carboxylic acids is 2. The molecular formula is C40H37F6N5O3. The third-order valence-corrected chi connectivity index (χ3v) is 10.6. The van der Waals surface area contributed by atoms with Gasteiger partial charge in [-0.1, -0.05) is 13.8 Å². The van der Waals surface area contributed by atoms with Crippen molar-refractivity contribution in [2.24, 2.45) is 0 Å². The molecule has 7 rings (SSSR count). The van der Waals surface area contributed by atoms with Crippen molar-refractivity contribution in [3.05, 3.63) is 104 Å². The van der Waals surface area contributed by atoms with Crippen molar-refractivity contribution in [2.45, 2.75) is 85.4 Å². The molecule has 3 aromatic heterocycles. The van der Waals surface area contributed by atoms with Gasteiger partial charge >= 0.3 is 12.4 Å². The number of H-pyrrole nitrogens is 2. The minimum absolute atomic E-state index is 0.0930. The first-order valence-corrected chi connectivity index (χ1v) is 17.5. The second-order valence-electron chi connectivity index (χ2n) is 14.2. The van der Waals surface area contributed by atoms with Crippen molar-refractivity contribution in [1.82, 2.24) is 24.8 Å². The van der Waals surface area contributed by atoms with Crippen LogP contribution in [0.25, 0.3) is 33.2 Å². The highest BCUT2D eigenvalue weighted by Gasteiger charge is 2.38. The van der Waals surface area contributed by atoms with Crippen molar-refractivity contribution in [1.29, 1.82) is 0 Å². The van der Waals surface area contributed by atoms with Gasteiger partial charge in [0.15, 0.2) is 0 Å². The topological polar surface area (TPSA) is 104 Å². The predicted octanol–water partition coefficient (Wildman–Crippen LogP) is 10.2. The van der Waals surface area contributed by atoms with E-state index in [0.29, 0.717) is 92.1 Å². The molecule has 8 nitrogen and oxygen atoms in total. The predicted molar refractivity (Wildman–Crippen MR) is 191 cm³/mol. The van der Waals surface area contributed by atoms with Crippen LogP contribution >= 0.6 is 0 Å². The molecule has 14 heteroatoms. The van der Waals surface area contributed by atoms with E-state index in [9.17, 15) is 35.9 Å². The van der Waals surface area contributed by atoms with Crippen molar-refractivity contribution < 1.29 is 40.7 Å². The van der Waals surface area contributed by atoms with E-state index in [-0.39, 0.29) is 17.5 Å². The quantitative estimate of drug-likeness (QED) is 0.156. The molecule has 8 bridgehead atoms. The molecule has 0 saturated carbocycles. The first-order valence-electron chi connectivity index (χ1n) is 17.5. The molecule has 3 aliphatic heterocycles. The average molecular weight is 750 g/mol. The summed E-state index contributed by atoms with van der Waals surface area (Å²) < 4.78 is 87.6.